The van der Waals surface area contributed by atoms with E-state index in [0.29, 0.717) is 19.7 Å². The van der Waals surface area contributed by atoms with E-state index in [2.05, 4.69) is 11.4 Å². The van der Waals surface area contributed by atoms with Gasteiger partial charge in [-0.1, -0.05) is 25.3 Å². The lowest BCUT2D eigenvalue weighted by Crippen LogP contribution is -2.49. The standard InChI is InChI=1S/C22H34N2O4/c1-16-11-18-17(20(12-16)28-3)7-10-24(19(18)14-27-2)21(25)13-23-15-22(26)8-5-4-6-9-22/h11-12,19,23,26H,4-10,13-15H2,1-3H3. The van der Waals surface area contributed by atoms with Crippen LogP contribution in [0, 0.1) is 6.92 Å². The molecule has 1 atom stereocenters. The normalized spacial score (nSPS) is 21.3. The van der Waals surface area contributed by atoms with E-state index in [0.717, 1.165) is 49.0 Å². The number of rotatable bonds is 7. The number of aliphatic hydroxyl groups is 1. The Morgan fingerprint density at radius 2 is 2.04 bits per heavy atom. The Kier molecular flexibility index (Phi) is 6.96. The van der Waals surface area contributed by atoms with E-state index in [1.807, 2.05) is 17.9 Å². The van der Waals surface area contributed by atoms with Gasteiger partial charge in [-0.3, -0.25) is 4.79 Å². The summed E-state index contributed by atoms with van der Waals surface area (Å²) in [5.74, 6) is 0.938. The van der Waals surface area contributed by atoms with E-state index in [1.165, 1.54) is 12.0 Å². The maximum atomic E-state index is 13.0. The van der Waals surface area contributed by atoms with Gasteiger partial charge in [-0.05, 0) is 43.4 Å². The number of hydrogen-bond acceptors (Lipinski definition) is 5. The first-order valence-corrected chi connectivity index (χ1v) is 10.4. The van der Waals surface area contributed by atoms with Crippen LogP contribution in [0.4, 0.5) is 0 Å². The van der Waals surface area contributed by atoms with Crippen LogP contribution in [0.25, 0.3) is 0 Å². The van der Waals surface area contributed by atoms with Crippen LogP contribution < -0.4 is 10.1 Å². The molecule has 156 valence electrons. The minimum absolute atomic E-state index is 0.0487. The zero-order valence-electron chi connectivity index (χ0n) is 17.4. The fourth-order valence-electron chi connectivity index (χ4n) is 4.64. The molecule has 3 rings (SSSR count). The summed E-state index contributed by atoms with van der Waals surface area (Å²) < 4.78 is 11.0. The van der Waals surface area contributed by atoms with Crippen molar-refractivity contribution < 1.29 is 19.4 Å². The lowest BCUT2D eigenvalue weighted by atomic mass is 9.85. The van der Waals surface area contributed by atoms with Crippen LogP contribution in [0.15, 0.2) is 12.1 Å². The molecule has 2 N–H and O–H groups in total. The first-order chi connectivity index (χ1) is 13.5. The van der Waals surface area contributed by atoms with Crippen LogP contribution in [-0.4, -0.2) is 62.0 Å². The van der Waals surface area contributed by atoms with Gasteiger partial charge in [0, 0.05) is 25.8 Å². The summed E-state index contributed by atoms with van der Waals surface area (Å²) >= 11 is 0. The number of amides is 1. The molecule has 1 heterocycles. The molecular weight excluding hydrogens is 356 g/mol. The molecule has 0 bridgehead atoms. The monoisotopic (exact) mass is 390 g/mol. The van der Waals surface area contributed by atoms with Crippen LogP contribution in [0.1, 0.15) is 54.8 Å². The van der Waals surface area contributed by atoms with Gasteiger partial charge < -0.3 is 24.8 Å². The third-order valence-electron chi connectivity index (χ3n) is 6.11. The Morgan fingerprint density at radius 3 is 2.71 bits per heavy atom. The Hall–Kier alpha value is -1.63. The van der Waals surface area contributed by atoms with Gasteiger partial charge in [0.05, 0.1) is 31.9 Å². The maximum absolute atomic E-state index is 13.0. The highest BCUT2D eigenvalue weighted by Gasteiger charge is 2.33. The zero-order chi connectivity index (χ0) is 20.1. The SMILES string of the molecule is COCC1c2cc(C)cc(OC)c2CCN1C(=O)CNCC1(O)CCCCC1. The summed E-state index contributed by atoms with van der Waals surface area (Å²) in [5, 5.41) is 13.8. The van der Waals surface area contributed by atoms with Crippen molar-refractivity contribution in [2.24, 2.45) is 0 Å². The van der Waals surface area contributed by atoms with Crippen LogP contribution >= 0.6 is 0 Å². The highest BCUT2D eigenvalue weighted by atomic mass is 16.5. The van der Waals surface area contributed by atoms with Crippen molar-refractivity contribution >= 4 is 5.91 Å². The molecule has 0 saturated heterocycles. The van der Waals surface area contributed by atoms with Crippen LogP contribution in [0.2, 0.25) is 0 Å². The van der Waals surface area contributed by atoms with E-state index in [4.69, 9.17) is 9.47 Å². The molecule has 2 aliphatic rings. The van der Waals surface area contributed by atoms with Crippen molar-refractivity contribution in [2.45, 2.75) is 57.1 Å². The van der Waals surface area contributed by atoms with Gasteiger partial charge in [0.25, 0.3) is 0 Å². The number of ether oxygens (including phenoxy) is 2. The fourth-order valence-corrected chi connectivity index (χ4v) is 4.64. The molecule has 1 aromatic rings. The van der Waals surface area contributed by atoms with E-state index in [1.54, 1.807) is 14.2 Å². The largest absolute Gasteiger partial charge is 0.496 e. The number of methoxy groups -OCH3 is 2. The minimum atomic E-state index is -0.663. The van der Waals surface area contributed by atoms with Crippen LogP contribution in [0.3, 0.4) is 0 Å². The third kappa shape index (κ3) is 4.67. The molecule has 0 spiro atoms. The van der Waals surface area contributed by atoms with Crippen molar-refractivity contribution in [1.82, 2.24) is 10.2 Å². The molecule has 28 heavy (non-hydrogen) atoms. The second-order valence-corrected chi connectivity index (χ2v) is 8.23. The third-order valence-corrected chi connectivity index (χ3v) is 6.11. The summed E-state index contributed by atoms with van der Waals surface area (Å²) in [5.41, 5.74) is 2.74. The summed E-state index contributed by atoms with van der Waals surface area (Å²) in [4.78, 5) is 14.9. The first kappa shape index (κ1) is 21.1. The smallest absolute Gasteiger partial charge is 0.237 e. The Labute approximate surface area is 168 Å². The zero-order valence-corrected chi connectivity index (χ0v) is 17.4. The van der Waals surface area contributed by atoms with Gasteiger partial charge in [-0.2, -0.15) is 0 Å². The molecule has 0 aromatic heterocycles. The second-order valence-electron chi connectivity index (χ2n) is 8.23. The average Bonchev–Trinajstić information content (AvgIpc) is 2.68. The van der Waals surface area contributed by atoms with Crippen molar-refractivity contribution in [3.05, 3.63) is 28.8 Å². The number of nitrogens with one attached hydrogen (secondary N) is 1. The predicted molar refractivity (Wildman–Crippen MR) is 109 cm³/mol. The topological polar surface area (TPSA) is 71.0 Å². The second kappa shape index (κ2) is 9.25. The summed E-state index contributed by atoms with van der Waals surface area (Å²) in [6.07, 6.45) is 5.72. The van der Waals surface area contributed by atoms with Gasteiger partial charge in [0.2, 0.25) is 5.91 Å². The minimum Gasteiger partial charge on any atom is -0.496 e. The van der Waals surface area contributed by atoms with E-state index >= 15 is 0 Å². The maximum Gasteiger partial charge on any atom is 0.237 e. The molecule has 1 amide bonds. The Bertz CT molecular complexity index is 685. The van der Waals surface area contributed by atoms with Gasteiger partial charge in [-0.15, -0.1) is 0 Å². The molecule has 1 fully saturated rings. The van der Waals surface area contributed by atoms with E-state index in [9.17, 15) is 9.90 Å². The number of carbonyl (C=O) groups excluding carboxylic acids is 1. The molecule has 1 aromatic carbocycles. The lowest BCUT2D eigenvalue weighted by Gasteiger charge is -2.38. The van der Waals surface area contributed by atoms with E-state index < -0.39 is 5.60 Å². The average molecular weight is 391 g/mol. The number of benzene rings is 1. The molecule has 1 saturated carbocycles. The quantitative estimate of drug-likeness (QED) is 0.748. The number of hydrogen-bond donors (Lipinski definition) is 2. The molecule has 1 unspecified atom stereocenters. The number of nitrogens with zero attached hydrogens (tertiary/aromatic N) is 1. The van der Waals surface area contributed by atoms with E-state index in [-0.39, 0.29) is 18.5 Å². The Morgan fingerprint density at radius 1 is 1.29 bits per heavy atom. The number of fused-ring (bicyclic) bond motifs is 1. The Balaban J connectivity index is 1.69. The molecule has 6 nitrogen and oxygen atoms in total. The summed E-state index contributed by atoms with van der Waals surface area (Å²) in [7, 11) is 3.36. The molecule has 1 aliphatic carbocycles. The van der Waals surface area contributed by atoms with Crippen LogP contribution in [0.5, 0.6) is 5.75 Å². The molecule has 6 heteroatoms. The van der Waals surface area contributed by atoms with Crippen molar-refractivity contribution in [3.8, 4) is 5.75 Å². The van der Waals surface area contributed by atoms with Crippen LogP contribution in [-0.2, 0) is 16.0 Å². The molecule has 0 radical (unpaired) electrons. The number of carbonyl (C=O) groups is 1. The van der Waals surface area contributed by atoms with Crippen molar-refractivity contribution in [2.75, 3.05) is 40.5 Å². The lowest BCUT2D eigenvalue weighted by molar-refractivity contribution is -0.134. The summed E-state index contributed by atoms with van der Waals surface area (Å²) in [6, 6.07) is 4.07. The van der Waals surface area contributed by atoms with Gasteiger partial charge in [0.1, 0.15) is 5.75 Å². The highest BCUT2D eigenvalue weighted by molar-refractivity contribution is 5.79. The molecular formula is C22H34N2O4. The predicted octanol–water partition coefficient (Wildman–Crippen LogP) is 2.36. The molecule has 1 aliphatic heterocycles. The van der Waals surface area contributed by atoms with Gasteiger partial charge >= 0.3 is 0 Å². The first-order valence-electron chi connectivity index (χ1n) is 10.4. The van der Waals surface area contributed by atoms with Crippen molar-refractivity contribution in [3.63, 3.8) is 0 Å². The number of aryl methyl sites for hydroxylation is 1. The highest BCUT2D eigenvalue weighted by Crippen LogP contribution is 2.36. The fraction of sp³-hybridized carbons (Fsp3) is 0.682. The van der Waals surface area contributed by atoms with Gasteiger partial charge in [-0.25, -0.2) is 0 Å². The summed E-state index contributed by atoms with van der Waals surface area (Å²) in [6.45, 7) is 3.85. The van der Waals surface area contributed by atoms with Crippen molar-refractivity contribution in [1.29, 1.82) is 0 Å². The van der Waals surface area contributed by atoms with Gasteiger partial charge in [0.15, 0.2) is 0 Å².